The van der Waals surface area contributed by atoms with Crippen LogP contribution < -0.4 is 4.74 Å². The van der Waals surface area contributed by atoms with Crippen LogP contribution in [0.4, 0.5) is 5.00 Å². The Kier molecular flexibility index (Phi) is 6.29. The highest BCUT2D eigenvalue weighted by Gasteiger charge is 2.23. The maximum absolute atomic E-state index is 9.67. The topological polar surface area (TPSA) is 57.8 Å². The van der Waals surface area contributed by atoms with Crippen LogP contribution in [-0.2, 0) is 24.1 Å². The second-order valence-electron chi connectivity index (χ2n) is 7.86. The van der Waals surface area contributed by atoms with Gasteiger partial charge in [0, 0.05) is 36.3 Å². The van der Waals surface area contributed by atoms with E-state index in [1.165, 1.54) is 10.4 Å². The summed E-state index contributed by atoms with van der Waals surface area (Å²) in [5.74, 6) is 1.58. The largest absolute Gasteiger partial charge is 0.496 e. The Morgan fingerprint density at radius 1 is 1.38 bits per heavy atom. The minimum Gasteiger partial charge on any atom is -0.496 e. The van der Waals surface area contributed by atoms with E-state index in [2.05, 4.69) is 24.0 Å². The summed E-state index contributed by atoms with van der Waals surface area (Å²) in [6.45, 7) is 6.55. The highest BCUT2D eigenvalue weighted by atomic mass is 32.1. The molecule has 1 aliphatic carbocycles. The number of thiophene rings is 1. The monoisotopic (exact) mass is 409 g/mol. The molecular weight excluding hydrogens is 382 g/mol. The van der Waals surface area contributed by atoms with Crippen LogP contribution in [0.3, 0.4) is 0 Å². The van der Waals surface area contributed by atoms with E-state index in [-0.39, 0.29) is 0 Å². The number of ether oxygens (including phenoxy) is 2. The number of nitrogens with zero attached hydrogens (tertiary/aromatic N) is 3. The minimum atomic E-state index is 0.689. The third kappa shape index (κ3) is 4.53. The van der Waals surface area contributed by atoms with E-state index >= 15 is 0 Å². The third-order valence-electron chi connectivity index (χ3n) is 5.74. The van der Waals surface area contributed by atoms with Crippen LogP contribution in [0.15, 0.2) is 23.2 Å². The fourth-order valence-corrected chi connectivity index (χ4v) is 5.38. The minimum absolute atomic E-state index is 0.689. The number of benzene rings is 1. The van der Waals surface area contributed by atoms with Crippen molar-refractivity contribution in [2.45, 2.75) is 32.7 Å². The normalized spacial score (nSPS) is 19.8. The van der Waals surface area contributed by atoms with Crippen LogP contribution in [0.1, 0.15) is 40.5 Å². The predicted molar refractivity (Wildman–Crippen MR) is 117 cm³/mol. The first-order valence-electron chi connectivity index (χ1n) is 10.2. The van der Waals surface area contributed by atoms with E-state index in [0.29, 0.717) is 5.92 Å². The van der Waals surface area contributed by atoms with Gasteiger partial charge in [0.15, 0.2) is 0 Å². The van der Waals surface area contributed by atoms with Crippen molar-refractivity contribution in [3.63, 3.8) is 0 Å². The summed E-state index contributed by atoms with van der Waals surface area (Å²) in [5.41, 5.74) is 4.18. The van der Waals surface area contributed by atoms with Gasteiger partial charge in [-0.05, 0) is 54.5 Å². The molecule has 1 aliphatic heterocycles. The molecule has 0 amide bonds. The molecule has 152 valence electrons. The van der Waals surface area contributed by atoms with Gasteiger partial charge in [-0.15, -0.1) is 11.3 Å². The zero-order valence-corrected chi connectivity index (χ0v) is 17.9. The highest BCUT2D eigenvalue weighted by Crippen LogP contribution is 2.40. The van der Waals surface area contributed by atoms with Gasteiger partial charge in [-0.1, -0.05) is 6.92 Å². The molecule has 1 saturated heterocycles. The molecule has 1 aromatic heterocycles. The zero-order chi connectivity index (χ0) is 20.2. The molecule has 1 aromatic carbocycles. The molecule has 0 saturated carbocycles. The molecule has 0 spiro atoms. The summed E-state index contributed by atoms with van der Waals surface area (Å²) in [7, 11) is 1.71. The van der Waals surface area contributed by atoms with Crippen LogP contribution in [0, 0.1) is 17.2 Å². The summed E-state index contributed by atoms with van der Waals surface area (Å²) >= 11 is 1.68. The van der Waals surface area contributed by atoms with E-state index in [4.69, 9.17) is 14.5 Å². The van der Waals surface area contributed by atoms with E-state index in [9.17, 15) is 5.26 Å². The summed E-state index contributed by atoms with van der Waals surface area (Å²) in [4.78, 5) is 8.44. The average Bonchev–Trinajstić information content (AvgIpc) is 3.09. The van der Waals surface area contributed by atoms with Crippen molar-refractivity contribution in [3.05, 3.63) is 45.3 Å². The number of rotatable bonds is 5. The Balaban J connectivity index is 1.57. The van der Waals surface area contributed by atoms with E-state index in [0.717, 1.165) is 79.6 Å². The molecule has 6 heteroatoms. The van der Waals surface area contributed by atoms with Gasteiger partial charge in [-0.25, -0.2) is 4.99 Å². The van der Waals surface area contributed by atoms with Crippen LogP contribution in [0.25, 0.3) is 0 Å². The summed E-state index contributed by atoms with van der Waals surface area (Å²) in [6, 6.07) is 8.56. The number of methoxy groups -OCH3 is 1. The fraction of sp³-hybridized carbons (Fsp3) is 0.478. The van der Waals surface area contributed by atoms with Crippen LogP contribution in [0.2, 0.25) is 0 Å². The first-order valence-corrected chi connectivity index (χ1v) is 11.0. The van der Waals surface area contributed by atoms with Crippen molar-refractivity contribution >= 4 is 22.6 Å². The van der Waals surface area contributed by atoms with Crippen molar-refractivity contribution in [3.8, 4) is 11.8 Å². The average molecular weight is 410 g/mol. The molecule has 2 aromatic rings. The number of fused-ring (bicyclic) bond motifs is 1. The molecule has 2 heterocycles. The molecule has 4 rings (SSSR count). The lowest BCUT2D eigenvalue weighted by molar-refractivity contribution is 0.0339. The highest BCUT2D eigenvalue weighted by molar-refractivity contribution is 7.16. The first-order chi connectivity index (χ1) is 14.2. The molecule has 5 nitrogen and oxygen atoms in total. The molecule has 1 fully saturated rings. The first kappa shape index (κ1) is 20.1. The van der Waals surface area contributed by atoms with E-state index < -0.39 is 0 Å². The lowest BCUT2D eigenvalue weighted by atomic mass is 9.89. The summed E-state index contributed by atoms with van der Waals surface area (Å²) < 4.78 is 11.0. The molecule has 29 heavy (non-hydrogen) atoms. The van der Waals surface area contributed by atoms with Crippen molar-refractivity contribution in [2.75, 3.05) is 33.4 Å². The van der Waals surface area contributed by atoms with Gasteiger partial charge < -0.3 is 9.47 Å². The lowest BCUT2D eigenvalue weighted by Gasteiger charge is -2.27. The second kappa shape index (κ2) is 9.08. The maximum Gasteiger partial charge on any atom is 0.134 e. The third-order valence-corrected chi connectivity index (χ3v) is 6.90. The second-order valence-corrected chi connectivity index (χ2v) is 8.95. The molecule has 0 radical (unpaired) electrons. The Labute approximate surface area is 176 Å². The Morgan fingerprint density at radius 3 is 2.97 bits per heavy atom. The van der Waals surface area contributed by atoms with Gasteiger partial charge in [-0.2, -0.15) is 5.26 Å². The molecule has 1 unspecified atom stereocenters. The van der Waals surface area contributed by atoms with Crippen molar-refractivity contribution < 1.29 is 9.47 Å². The predicted octanol–water partition coefficient (Wildman–Crippen LogP) is 4.34. The quantitative estimate of drug-likeness (QED) is 0.690. The van der Waals surface area contributed by atoms with E-state index in [1.807, 2.05) is 18.3 Å². The number of morpholine rings is 1. The van der Waals surface area contributed by atoms with Gasteiger partial charge in [0.1, 0.15) is 16.8 Å². The maximum atomic E-state index is 9.67. The number of hydrogen-bond donors (Lipinski definition) is 0. The Hall–Kier alpha value is -2.20. The van der Waals surface area contributed by atoms with Gasteiger partial charge >= 0.3 is 0 Å². The van der Waals surface area contributed by atoms with Gasteiger partial charge in [-0.3, -0.25) is 4.90 Å². The van der Waals surface area contributed by atoms with Gasteiger partial charge in [0.2, 0.25) is 0 Å². The Morgan fingerprint density at radius 2 is 2.21 bits per heavy atom. The SMILES string of the molecule is COc1ccc(C=Nc2sc3c(c2C#N)CCC(C)C3)cc1CN1CCOCC1. The van der Waals surface area contributed by atoms with Crippen molar-refractivity contribution in [1.82, 2.24) is 4.90 Å². The molecule has 0 N–H and O–H groups in total. The van der Waals surface area contributed by atoms with Crippen LogP contribution >= 0.6 is 11.3 Å². The zero-order valence-electron chi connectivity index (χ0n) is 17.1. The van der Waals surface area contributed by atoms with Crippen LogP contribution in [-0.4, -0.2) is 44.5 Å². The van der Waals surface area contributed by atoms with Gasteiger partial charge in [0.25, 0.3) is 0 Å². The molecule has 0 bridgehead atoms. The smallest absolute Gasteiger partial charge is 0.134 e. The molecule has 1 atom stereocenters. The number of aliphatic imine (C=N–C) groups is 1. The van der Waals surface area contributed by atoms with Gasteiger partial charge in [0.05, 0.1) is 25.9 Å². The summed E-state index contributed by atoms with van der Waals surface area (Å²) in [5, 5.41) is 10.5. The standard InChI is InChI=1S/C23H27N3O2S/c1-16-3-5-19-20(13-24)23(29-22(19)11-16)25-14-17-4-6-21(27-2)18(12-17)15-26-7-9-28-10-8-26/h4,6,12,14,16H,3,5,7-11,15H2,1-2H3. The number of hydrogen-bond acceptors (Lipinski definition) is 6. The Bertz CT molecular complexity index is 938. The van der Waals surface area contributed by atoms with Crippen LogP contribution in [0.5, 0.6) is 5.75 Å². The summed E-state index contributed by atoms with van der Waals surface area (Å²) in [6.07, 6.45) is 5.10. The lowest BCUT2D eigenvalue weighted by Crippen LogP contribution is -2.35. The van der Waals surface area contributed by atoms with Crippen molar-refractivity contribution in [1.29, 1.82) is 5.26 Å². The molecular formula is C23H27N3O2S. The fourth-order valence-electron chi connectivity index (χ4n) is 4.08. The van der Waals surface area contributed by atoms with E-state index in [1.54, 1.807) is 18.4 Å². The van der Waals surface area contributed by atoms with Crippen molar-refractivity contribution in [2.24, 2.45) is 10.9 Å². The number of nitriles is 1. The molecule has 2 aliphatic rings.